The number of aromatic nitrogens is 2. The predicted molar refractivity (Wildman–Crippen MR) is 125 cm³/mol. The second-order valence-electron chi connectivity index (χ2n) is 7.90. The van der Waals surface area contributed by atoms with Crippen molar-refractivity contribution in [2.75, 3.05) is 4.72 Å². The molecule has 2 heterocycles. The highest BCUT2D eigenvalue weighted by Gasteiger charge is 2.27. The Labute approximate surface area is 199 Å². The van der Waals surface area contributed by atoms with E-state index in [-0.39, 0.29) is 33.1 Å². The van der Waals surface area contributed by atoms with Crippen molar-refractivity contribution in [2.45, 2.75) is 32.5 Å². The lowest BCUT2D eigenvalue weighted by Crippen LogP contribution is -2.21. The quantitative estimate of drug-likeness (QED) is 0.433. The van der Waals surface area contributed by atoms with E-state index in [0.29, 0.717) is 12.1 Å². The number of aromatic amines is 1. The summed E-state index contributed by atoms with van der Waals surface area (Å²) in [5.41, 5.74) is -1.21. The van der Waals surface area contributed by atoms with E-state index in [9.17, 15) is 17.6 Å². The summed E-state index contributed by atoms with van der Waals surface area (Å²) >= 11 is 5.93. The van der Waals surface area contributed by atoms with Gasteiger partial charge in [0.05, 0.1) is 33.4 Å². The Morgan fingerprint density at radius 2 is 2.09 bits per heavy atom. The van der Waals surface area contributed by atoms with E-state index in [1.807, 2.05) is 13.8 Å². The van der Waals surface area contributed by atoms with Crippen LogP contribution < -0.4 is 4.72 Å². The fraction of sp³-hybridized carbons (Fsp3) is 0.217. The van der Waals surface area contributed by atoms with Crippen LogP contribution in [-0.4, -0.2) is 36.4 Å². The molecule has 11 heteroatoms. The van der Waals surface area contributed by atoms with Crippen LogP contribution in [0.5, 0.6) is 0 Å². The molecule has 4 rings (SSSR count). The lowest BCUT2D eigenvalue weighted by molar-refractivity contribution is 0.0368. The van der Waals surface area contributed by atoms with Crippen molar-refractivity contribution in [2.24, 2.45) is 0 Å². The van der Waals surface area contributed by atoms with E-state index in [2.05, 4.69) is 14.7 Å². The number of halogens is 3. The summed E-state index contributed by atoms with van der Waals surface area (Å²) in [5, 5.41) is 0.511. The van der Waals surface area contributed by atoms with Gasteiger partial charge in [-0.1, -0.05) is 23.8 Å². The number of anilines is 1. The molecular weight excluding hydrogens is 488 g/mol. The Hall–Kier alpha value is -3.08. The van der Waals surface area contributed by atoms with Crippen LogP contribution in [0.4, 0.5) is 14.5 Å². The molecule has 2 N–H and O–H groups in total. The van der Waals surface area contributed by atoms with E-state index in [1.54, 1.807) is 6.08 Å². The zero-order chi connectivity index (χ0) is 24.6. The molecule has 7 nitrogen and oxygen atoms in total. The van der Waals surface area contributed by atoms with E-state index in [4.69, 9.17) is 16.3 Å². The first kappa shape index (κ1) is 24.1. The minimum Gasteiger partial charge on any atom is -0.371 e. The third kappa shape index (κ3) is 4.75. The lowest BCUT2D eigenvalue weighted by atomic mass is 10.0. The SMILES string of the molecule is CC(C)OC1C=CC(S(=O)(=O)Nc2ccc(F)c(C(=O)c3c[nH]c4ncc(Cl)cc34)c2F)=CC1. The average Bonchev–Trinajstić information content (AvgIpc) is 3.18. The number of hydrogen-bond acceptors (Lipinski definition) is 5. The van der Waals surface area contributed by atoms with Crippen LogP contribution in [-0.2, 0) is 14.8 Å². The van der Waals surface area contributed by atoms with Gasteiger partial charge in [-0.3, -0.25) is 9.52 Å². The summed E-state index contributed by atoms with van der Waals surface area (Å²) in [5.74, 6) is -3.46. The van der Waals surface area contributed by atoms with Crippen molar-refractivity contribution in [3.63, 3.8) is 0 Å². The van der Waals surface area contributed by atoms with E-state index < -0.39 is 38.7 Å². The number of ether oxygens (including phenoxy) is 1. The second-order valence-corrected chi connectivity index (χ2v) is 10.0. The van der Waals surface area contributed by atoms with E-state index >= 15 is 4.39 Å². The number of benzene rings is 1. The van der Waals surface area contributed by atoms with Gasteiger partial charge in [0.2, 0.25) is 5.78 Å². The third-order valence-electron chi connectivity index (χ3n) is 5.09. The van der Waals surface area contributed by atoms with E-state index in [0.717, 1.165) is 12.1 Å². The molecule has 34 heavy (non-hydrogen) atoms. The summed E-state index contributed by atoms with van der Waals surface area (Å²) in [6.07, 6.45) is 7.03. The fourth-order valence-electron chi connectivity index (χ4n) is 3.57. The summed E-state index contributed by atoms with van der Waals surface area (Å²) in [6, 6.07) is 3.18. The zero-order valence-electron chi connectivity index (χ0n) is 18.1. The van der Waals surface area contributed by atoms with Crippen LogP contribution in [0.1, 0.15) is 36.2 Å². The highest BCUT2D eigenvalue weighted by Crippen LogP contribution is 2.29. The Morgan fingerprint density at radius 1 is 1.32 bits per heavy atom. The minimum absolute atomic E-state index is 0.0347. The summed E-state index contributed by atoms with van der Waals surface area (Å²) in [4.78, 5) is 19.7. The standard InChI is InChI=1S/C23H20ClF2N3O4S/c1-12(2)33-14-3-5-15(6-4-14)34(31,32)29-19-8-7-18(25)20(21(19)26)22(30)17-11-28-23-16(17)9-13(24)10-27-23/h3,5-12,14,29H,4H2,1-2H3,(H,27,28). The molecule has 1 aliphatic rings. The van der Waals surface area contributed by atoms with Crippen LogP contribution in [0.3, 0.4) is 0 Å². The van der Waals surface area contributed by atoms with Gasteiger partial charge in [-0.25, -0.2) is 22.2 Å². The maximum atomic E-state index is 15.3. The minimum atomic E-state index is -4.20. The maximum Gasteiger partial charge on any atom is 0.261 e. The molecule has 3 aromatic rings. The van der Waals surface area contributed by atoms with Gasteiger partial charge in [-0.15, -0.1) is 0 Å². The molecule has 0 spiro atoms. The van der Waals surface area contributed by atoms with Crippen molar-refractivity contribution in [1.29, 1.82) is 0 Å². The number of nitrogens with zero attached hydrogens (tertiary/aromatic N) is 1. The van der Waals surface area contributed by atoms with Crippen molar-refractivity contribution < 1.29 is 26.7 Å². The topological polar surface area (TPSA) is 101 Å². The number of sulfonamides is 1. The van der Waals surface area contributed by atoms with Crippen LogP contribution in [0, 0.1) is 11.6 Å². The molecule has 0 fully saturated rings. The first-order chi connectivity index (χ1) is 16.1. The predicted octanol–water partition coefficient (Wildman–Crippen LogP) is 5.10. The van der Waals surface area contributed by atoms with Gasteiger partial charge in [0, 0.05) is 23.3 Å². The Balaban J connectivity index is 1.64. The van der Waals surface area contributed by atoms with E-state index in [1.165, 1.54) is 30.6 Å². The third-order valence-corrected chi connectivity index (χ3v) is 6.71. The largest absolute Gasteiger partial charge is 0.371 e. The number of carbonyl (C=O) groups is 1. The van der Waals surface area contributed by atoms with Gasteiger partial charge in [-0.2, -0.15) is 0 Å². The van der Waals surface area contributed by atoms with Crippen LogP contribution in [0.25, 0.3) is 11.0 Å². The van der Waals surface area contributed by atoms with Crippen LogP contribution in [0.2, 0.25) is 5.02 Å². The first-order valence-electron chi connectivity index (χ1n) is 10.3. The van der Waals surface area contributed by atoms with Crippen LogP contribution >= 0.6 is 11.6 Å². The second kappa shape index (κ2) is 9.28. The number of H-pyrrole nitrogens is 1. The molecule has 0 bridgehead atoms. The molecule has 1 atom stereocenters. The van der Waals surface area contributed by atoms with Gasteiger partial charge in [0.1, 0.15) is 11.5 Å². The van der Waals surface area contributed by atoms with Gasteiger partial charge >= 0.3 is 0 Å². The van der Waals surface area contributed by atoms with Crippen molar-refractivity contribution >= 4 is 44.1 Å². The van der Waals surface area contributed by atoms with Gasteiger partial charge in [-0.05, 0) is 44.5 Å². The number of nitrogens with one attached hydrogen (secondary N) is 2. The molecule has 0 amide bonds. The smallest absolute Gasteiger partial charge is 0.261 e. The molecular formula is C23H20ClF2N3O4S. The molecule has 1 aliphatic carbocycles. The van der Waals surface area contributed by atoms with Crippen LogP contribution in [0.15, 0.2) is 53.7 Å². The van der Waals surface area contributed by atoms with Gasteiger partial charge in [0.25, 0.3) is 10.0 Å². The Kier molecular flexibility index (Phi) is 6.57. The molecule has 178 valence electrons. The van der Waals surface area contributed by atoms with Crippen molar-refractivity contribution in [3.05, 3.63) is 81.5 Å². The summed E-state index contributed by atoms with van der Waals surface area (Å²) in [6.45, 7) is 3.73. The number of pyridine rings is 1. The Bertz CT molecular complexity index is 1450. The molecule has 2 aromatic heterocycles. The molecule has 1 aromatic carbocycles. The Morgan fingerprint density at radius 3 is 2.76 bits per heavy atom. The first-order valence-corrected chi connectivity index (χ1v) is 12.1. The van der Waals surface area contributed by atoms with Crippen molar-refractivity contribution in [1.82, 2.24) is 9.97 Å². The summed E-state index contributed by atoms with van der Waals surface area (Å²) in [7, 11) is -4.20. The summed E-state index contributed by atoms with van der Waals surface area (Å²) < 4.78 is 63.1. The number of allylic oxidation sites excluding steroid dienone is 1. The lowest BCUT2D eigenvalue weighted by Gasteiger charge is -2.20. The number of carbonyl (C=O) groups excluding carboxylic acids is 1. The zero-order valence-corrected chi connectivity index (χ0v) is 19.7. The van der Waals surface area contributed by atoms with Crippen molar-refractivity contribution in [3.8, 4) is 0 Å². The van der Waals surface area contributed by atoms with Gasteiger partial charge in [0.15, 0.2) is 5.82 Å². The monoisotopic (exact) mass is 507 g/mol. The molecule has 1 unspecified atom stereocenters. The normalized spacial score (nSPS) is 16.2. The molecule has 0 saturated heterocycles. The molecule has 0 saturated carbocycles. The fourth-order valence-corrected chi connectivity index (χ4v) is 4.87. The number of hydrogen-bond donors (Lipinski definition) is 2. The highest BCUT2D eigenvalue weighted by molar-refractivity contribution is 7.96. The maximum absolute atomic E-state index is 15.3. The number of ketones is 1. The molecule has 0 aliphatic heterocycles. The van der Waals surface area contributed by atoms with Gasteiger partial charge < -0.3 is 9.72 Å². The number of fused-ring (bicyclic) bond motifs is 1. The highest BCUT2D eigenvalue weighted by atomic mass is 35.5. The molecule has 0 radical (unpaired) electrons. The number of rotatable bonds is 7. The average molecular weight is 508 g/mol.